The molecule has 1 heterocycles. The van der Waals surface area contributed by atoms with Crippen LogP contribution in [0.25, 0.3) is 0 Å². The lowest BCUT2D eigenvalue weighted by Gasteiger charge is -2.29. The molecule has 1 aromatic rings. The van der Waals surface area contributed by atoms with Crippen LogP contribution in [0.2, 0.25) is 0 Å². The van der Waals surface area contributed by atoms with Gasteiger partial charge in [0.15, 0.2) is 0 Å². The molecule has 3 N–H and O–H groups in total. The molecule has 0 bridgehead atoms. The van der Waals surface area contributed by atoms with Crippen molar-refractivity contribution >= 4 is 0 Å². The van der Waals surface area contributed by atoms with Crippen molar-refractivity contribution in [2.45, 2.75) is 12.6 Å². The van der Waals surface area contributed by atoms with Gasteiger partial charge in [0, 0.05) is 45.8 Å². The minimum absolute atomic E-state index is 0.285. The van der Waals surface area contributed by atoms with Crippen molar-refractivity contribution < 1.29 is 5.11 Å². The van der Waals surface area contributed by atoms with E-state index in [9.17, 15) is 5.11 Å². The Morgan fingerprint density at radius 1 is 1.22 bits per heavy atom. The SMILES string of the molecule is OC(CNCc1ccccc1)CN1CCNCC1. The molecule has 1 aliphatic rings. The molecular weight excluding hydrogens is 226 g/mol. The largest absolute Gasteiger partial charge is 0.390 e. The Hall–Kier alpha value is -0.940. The lowest BCUT2D eigenvalue weighted by Crippen LogP contribution is -2.47. The molecular formula is C14H23N3O. The van der Waals surface area contributed by atoms with E-state index in [1.807, 2.05) is 18.2 Å². The molecule has 2 rings (SSSR count). The topological polar surface area (TPSA) is 47.5 Å². The number of rotatable bonds is 6. The predicted octanol–water partition coefficient (Wildman–Crippen LogP) is 0.0423. The van der Waals surface area contributed by atoms with Crippen LogP contribution < -0.4 is 10.6 Å². The summed E-state index contributed by atoms with van der Waals surface area (Å²) in [4.78, 5) is 2.31. The summed E-state index contributed by atoms with van der Waals surface area (Å²) >= 11 is 0. The molecule has 4 heteroatoms. The van der Waals surface area contributed by atoms with Gasteiger partial charge in [0.05, 0.1) is 6.10 Å². The van der Waals surface area contributed by atoms with Gasteiger partial charge in [0.2, 0.25) is 0 Å². The molecule has 0 spiro atoms. The predicted molar refractivity (Wildman–Crippen MR) is 73.5 cm³/mol. The Kier molecular flexibility index (Phi) is 5.61. The minimum Gasteiger partial charge on any atom is -0.390 e. The zero-order chi connectivity index (χ0) is 12.6. The Bertz CT molecular complexity index is 325. The van der Waals surface area contributed by atoms with Gasteiger partial charge >= 0.3 is 0 Å². The van der Waals surface area contributed by atoms with Gasteiger partial charge in [0.1, 0.15) is 0 Å². The average Bonchev–Trinajstić information content (AvgIpc) is 2.41. The molecule has 0 saturated carbocycles. The molecule has 4 nitrogen and oxygen atoms in total. The summed E-state index contributed by atoms with van der Waals surface area (Å²) in [7, 11) is 0. The summed E-state index contributed by atoms with van der Waals surface area (Å²) in [5.74, 6) is 0. The van der Waals surface area contributed by atoms with E-state index < -0.39 is 0 Å². The van der Waals surface area contributed by atoms with E-state index in [0.29, 0.717) is 6.54 Å². The second-order valence-corrected chi connectivity index (χ2v) is 4.82. The van der Waals surface area contributed by atoms with Crippen LogP contribution in [0.15, 0.2) is 30.3 Å². The number of aliphatic hydroxyl groups is 1. The fraction of sp³-hybridized carbons (Fsp3) is 0.571. The number of hydrogen-bond donors (Lipinski definition) is 3. The standard InChI is InChI=1S/C14H23N3O/c18-14(12-17-8-6-15-7-9-17)11-16-10-13-4-2-1-3-5-13/h1-5,14-16,18H,6-12H2. The second kappa shape index (κ2) is 7.48. The van der Waals surface area contributed by atoms with E-state index >= 15 is 0 Å². The first kappa shape index (κ1) is 13.5. The molecule has 1 unspecified atom stereocenters. The van der Waals surface area contributed by atoms with Crippen LogP contribution in [0, 0.1) is 0 Å². The van der Waals surface area contributed by atoms with Crippen molar-refractivity contribution in [3.63, 3.8) is 0 Å². The van der Waals surface area contributed by atoms with Gasteiger partial charge < -0.3 is 15.7 Å². The van der Waals surface area contributed by atoms with Gasteiger partial charge in [0.25, 0.3) is 0 Å². The number of β-amino-alcohol motifs (C(OH)–C–C–N with tert-alkyl or cyclic N) is 1. The number of hydrogen-bond acceptors (Lipinski definition) is 4. The molecule has 1 aliphatic heterocycles. The van der Waals surface area contributed by atoms with E-state index in [1.54, 1.807) is 0 Å². The number of nitrogens with one attached hydrogen (secondary N) is 2. The van der Waals surface area contributed by atoms with Crippen LogP contribution in [0.5, 0.6) is 0 Å². The normalized spacial score (nSPS) is 18.7. The van der Waals surface area contributed by atoms with Gasteiger partial charge in [-0.1, -0.05) is 30.3 Å². The van der Waals surface area contributed by atoms with E-state index in [2.05, 4.69) is 27.7 Å². The highest BCUT2D eigenvalue weighted by Gasteiger charge is 2.13. The van der Waals surface area contributed by atoms with Crippen molar-refractivity contribution in [2.75, 3.05) is 39.3 Å². The van der Waals surface area contributed by atoms with E-state index in [1.165, 1.54) is 5.56 Å². The second-order valence-electron chi connectivity index (χ2n) is 4.82. The monoisotopic (exact) mass is 249 g/mol. The smallest absolute Gasteiger partial charge is 0.0791 e. The molecule has 0 radical (unpaired) electrons. The molecule has 1 saturated heterocycles. The molecule has 0 aromatic heterocycles. The summed E-state index contributed by atoms with van der Waals surface area (Å²) in [6.45, 7) is 6.38. The van der Waals surface area contributed by atoms with Gasteiger partial charge in [-0.3, -0.25) is 4.90 Å². The first-order valence-corrected chi connectivity index (χ1v) is 6.70. The molecule has 18 heavy (non-hydrogen) atoms. The summed E-state index contributed by atoms with van der Waals surface area (Å²) in [5, 5.41) is 16.6. The number of nitrogens with zero attached hydrogens (tertiary/aromatic N) is 1. The summed E-state index contributed by atoms with van der Waals surface area (Å²) in [5.41, 5.74) is 1.26. The van der Waals surface area contributed by atoms with Gasteiger partial charge in [-0.25, -0.2) is 0 Å². The van der Waals surface area contributed by atoms with Gasteiger partial charge in [-0.05, 0) is 5.56 Å². The third-order valence-electron chi connectivity index (χ3n) is 3.23. The fourth-order valence-electron chi connectivity index (χ4n) is 2.24. The quantitative estimate of drug-likeness (QED) is 0.666. The number of piperazine rings is 1. The van der Waals surface area contributed by atoms with Crippen molar-refractivity contribution in [3.05, 3.63) is 35.9 Å². The third-order valence-corrected chi connectivity index (χ3v) is 3.23. The van der Waals surface area contributed by atoms with Gasteiger partial charge in [-0.15, -0.1) is 0 Å². The lowest BCUT2D eigenvalue weighted by atomic mass is 10.2. The van der Waals surface area contributed by atoms with Crippen LogP contribution in [0.3, 0.4) is 0 Å². The highest BCUT2D eigenvalue weighted by molar-refractivity contribution is 5.14. The minimum atomic E-state index is -0.285. The van der Waals surface area contributed by atoms with E-state index in [4.69, 9.17) is 0 Å². The zero-order valence-corrected chi connectivity index (χ0v) is 10.8. The van der Waals surface area contributed by atoms with Crippen LogP contribution >= 0.6 is 0 Å². The zero-order valence-electron chi connectivity index (χ0n) is 10.8. The first-order chi connectivity index (χ1) is 8.84. The van der Waals surface area contributed by atoms with Gasteiger partial charge in [-0.2, -0.15) is 0 Å². The highest BCUT2D eigenvalue weighted by atomic mass is 16.3. The fourth-order valence-corrected chi connectivity index (χ4v) is 2.24. The molecule has 100 valence electrons. The Morgan fingerprint density at radius 2 is 1.94 bits per heavy atom. The van der Waals surface area contributed by atoms with E-state index in [-0.39, 0.29) is 6.10 Å². The van der Waals surface area contributed by atoms with Crippen molar-refractivity contribution in [1.29, 1.82) is 0 Å². The van der Waals surface area contributed by atoms with Crippen LogP contribution in [0.1, 0.15) is 5.56 Å². The first-order valence-electron chi connectivity index (χ1n) is 6.70. The maximum Gasteiger partial charge on any atom is 0.0791 e. The third kappa shape index (κ3) is 4.74. The van der Waals surface area contributed by atoms with Crippen molar-refractivity contribution in [2.24, 2.45) is 0 Å². The van der Waals surface area contributed by atoms with Crippen LogP contribution in [-0.4, -0.2) is 55.4 Å². The molecule has 1 fully saturated rings. The number of aliphatic hydroxyl groups excluding tert-OH is 1. The summed E-state index contributed by atoms with van der Waals surface area (Å²) < 4.78 is 0. The van der Waals surface area contributed by atoms with Crippen molar-refractivity contribution in [1.82, 2.24) is 15.5 Å². The maximum atomic E-state index is 9.95. The molecule has 0 amide bonds. The highest BCUT2D eigenvalue weighted by Crippen LogP contribution is 1.98. The average molecular weight is 249 g/mol. The van der Waals surface area contributed by atoms with Crippen molar-refractivity contribution in [3.8, 4) is 0 Å². The number of benzene rings is 1. The van der Waals surface area contributed by atoms with E-state index in [0.717, 1.165) is 39.3 Å². The Morgan fingerprint density at radius 3 is 2.67 bits per heavy atom. The summed E-state index contributed by atoms with van der Waals surface area (Å²) in [6.07, 6.45) is -0.285. The Labute approximate surface area is 109 Å². The molecule has 0 aliphatic carbocycles. The maximum absolute atomic E-state index is 9.95. The lowest BCUT2D eigenvalue weighted by molar-refractivity contribution is 0.104. The van der Waals surface area contributed by atoms with Crippen LogP contribution in [0.4, 0.5) is 0 Å². The molecule has 1 aromatic carbocycles. The van der Waals surface area contributed by atoms with Crippen LogP contribution in [-0.2, 0) is 6.54 Å². The summed E-state index contributed by atoms with van der Waals surface area (Å²) in [6, 6.07) is 10.3. The molecule has 1 atom stereocenters. The Balaban J connectivity index is 1.61.